The highest BCUT2D eigenvalue weighted by atomic mass is 32.2. The Morgan fingerprint density at radius 1 is 1.13 bits per heavy atom. The quantitative estimate of drug-likeness (QED) is 0.658. The molecule has 0 radical (unpaired) electrons. The third-order valence-corrected chi connectivity index (χ3v) is 5.50. The van der Waals surface area contributed by atoms with E-state index in [1.807, 2.05) is 42.5 Å². The Morgan fingerprint density at radius 3 is 2.61 bits per heavy atom. The predicted molar refractivity (Wildman–Crippen MR) is 94.8 cm³/mol. The van der Waals surface area contributed by atoms with Crippen LogP contribution in [0.4, 0.5) is 0 Å². The molecule has 0 saturated heterocycles. The van der Waals surface area contributed by atoms with Gasteiger partial charge in [-0.05, 0) is 36.4 Å². The predicted octanol–water partition coefficient (Wildman–Crippen LogP) is 3.84. The topological polar surface area (TPSA) is 51.6 Å². The zero-order valence-electron chi connectivity index (χ0n) is 12.6. The summed E-state index contributed by atoms with van der Waals surface area (Å²) in [6.45, 7) is 0.254. The van der Waals surface area contributed by atoms with Crippen LogP contribution >= 0.6 is 23.1 Å². The van der Waals surface area contributed by atoms with Crippen LogP contribution in [0.2, 0.25) is 0 Å². The zero-order valence-corrected chi connectivity index (χ0v) is 14.3. The molecule has 1 heterocycles. The van der Waals surface area contributed by atoms with E-state index >= 15 is 0 Å². The number of ether oxygens (including phenoxy) is 2. The summed E-state index contributed by atoms with van der Waals surface area (Å²) < 4.78 is 12.8. The van der Waals surface area contributed by atoms with Gasteiger partial charge in [0.1, 0.15) is 18.1 Å². The number of hydrogen-bond acceptors (Lipinski definition) is 6. The normalized spacial score (nSPS) is 12.3. The number of methoxy groups -OCH3 is 1. The number of benzene rings is 2. The second-order valence-electron chi connectivity index (χ2n) is 4.90. The molecule has 2 aromatic carbocycles. The SMILES string of the molecule is COc1ccc(OCC(O)CSc2nc3ccccc3s2)cc1. The molecule has 0 aliphatic heterocycles. The molecule has 3 rings (SSSR count). The van der Waals surface area contributed by atoms with Crippen molar-refractivity contribution in [2.45, 2.75) is 10.4 Å². The minimum Gasteiger partial charge on any atom is -0.497 e. The molecule has 0 bridgehead atoms. The molecular weight excluding hydrogens is 330 g/mol. The average Bonchev–Trinajstić information content (AvgIpc) is 3.01. The number of nitrogens with zero attached hydrogens (tertiary/aromatic N) is 1. The molecule has 1 aromatic heterocycles. The first-order chi connectivity index (χ1) is 11.2. The van der Waals surface area contributed by atoms with E-state index in [-0.39, 0.29) is 6.61 Å². The van der Waals surface area contributed by atoms with Crippen molar-refractivity contribution in [2.24, 2.45) is 0 Å². The Kier molecular flexibility index (Phi) is 5.38. The summed E-state index contributed by atoms with van der Waals surface area (Å²) in [4.78, 5) is 4.54. The van der Waals surface area contributed by atoms with Crippen molar-refractivity contribution >= 4 is 33.3 Å². The first-order valence-corrected chi connectivity index (χ1v) is 8.98. The van der Waals surface area contributed by atoms with E-state index in [4.69, 9.17) is 9.47 Å². The van der Waals surface area contributed by atoms with E-state index in [0.717, 1.165) is 21.4 Å². The molecule has 0 amide bonds. The van der Waals surface area contributed by atoms with Gasteiger partial charge in [-0.2, -0.15) is 0 Å². The van der Waals surface area contributed by atoms with Crippen LogP contribution in [0.5, 0.6) is 11.5 Å². The van der Waals surface area contributed by atoms with Crippen molar-refractivity contribution < 1.29 is 14.6 Å². The maximum atomic E-state index is 10.1. The van der Waals surface area contributed by atoms with E-state index in [2.05, 4.69) is 11.1 Å². The monoisotopic (exact) mass is 347 g/mol. The molecule has 0 aliphatic rings. The van der Waals surface area contributed by atoms with Gasteiger partial charge in [0.15, 0.2) is 4.34 Å². The van der Waals surface area contributed by atoms with Gasteiger partial charge in [-0.1, -0.05) is 23.9 Å². The number of thioether (sulfide) groups is 1. The summed E-state index contributed by atoms with van der Waals surface area (Å²) in [5.41, 5.74) is 1.00. The molecule has 0 saturated carbocycles. The molecule has 3 aromatic rings. The van der Waals surface area contributed by atoms with E-state index in [1.165, 1.54) is 4.70 Å². The highest BCUT2D eigenvalue weighted by Gasteiger charge is 2.09. The number of hydrogen-bond donors (Lipinski definition) is 1. The zero-order chi connectivity index (χ0) is 16.1. The van der Waals surface area contributed by atoms with Crippen LogP contribution < -0.4 is 9.47 Å². The van der Waals surface area contributed by atoms with E-state index in [9.17, 15) is 5.11 Å². The van der Waals surface area contributed by atoms with Crippen molar-refractivity contribution in [3.8, 4) is 11.5 Å². The molecular formula is C17H17NO3S2. The maximum Gasteiger partial charge on any atom is 0.151 e. The lowest BCUT2D eigenvalue weighted by atomic mass is 10.3. The van der Waals surface area contributed by atoms with Gasteiger partial charge < -0.3 is 14.6 Å². The fourth-order valence-corrected chi connectivity index (χ4v) is 3.99. The van der Waals surface area contributed by atoms with Crippen molar-refractivity contribution in [3.63, 3.8) is 0 Å². The summed E-state index contributed by atoms with van der Waals surface area (Å²) in [5, 5.41) is 10.1. The molecule has 0 fully saturated rings. The number of thiazole rings is 1. The van der Waals surface area contributed by atoms with E-state index < -0.39 is 6.10 Å². The van der Waals surface area contributed by atoms with Crippen LogP contribution in [-0.4, -0.2) is 35.7 Å². The number of aromatic nitrogens is 1. The standard InChI is InChI=1S/C17H17NO3S2/c1-20-13-6-8-14(9-7-13)21-10-12(19)11-22-17-18-15-4-2-3-5-16(15)23-17/h2-9,12,19H,10-11H2,1H3. The molecule has 1 N–H and O–H groups in total. The first kappa shape index (κ1) is 16.1. The Bertz CT molecular complexity index is 725. The molecule has 120 valence electrons. The summed E-state index contributed by atoms with van der Waals surface area (Å²) >= 11 is 3.20. The number of para-hydroxylation sites is 1. The molecule has 23 heavy (non-hydrogen) atoms. The van der Waals surface area contributed by atoms with Crippen LogP contribution in [0.15, 0.2) is 52.9 Å². The van der Waals surface area contributed by atoms with Gasteiger partial charge >= 0.3 is 0 Å². The fourth-order valence-electron chi connectivity index (χ4n) is 1.99. The van der Waals surface area contributed by atoms with Crippen LogP contribution in [-0.2, 0) is 0 Å². The minimum absolute atomic E-state index is 0.254. The van der Waals surface area contributed by atoms with E-state index in [1.54, 1.807) is 30.2 Å². The minimum atomic E-state index is -0.547. The van der Waals surface area contributed by atoms with Crippen LogP contribution in [0.25, 0.3) is 10.2 Å². The molecule has 1 atom stereocenters. The maximum absolute atomic E-state index is 10.1. The number of aliphatic hydroxyl groups is 1. The average molecular weight is 347 g/mol. The van der Waals surface area contributed by atoms with Gasteiger partial charge in [-0.25, -0.2) is 4.98 Å². The number of aliphatic hydroxyl groups excluding tert-OH is 1. The Hall–Kier alpha value is -1.76. The highest BCUT2D eigenvalue weighted by Crippen LogP contribution is 2.29. The fraction of sp³-hybridized carbons (Fsp3) is 0.235. The lowest BCUT2D eigenvalue weighted by Gasteiger charge is -2.11. The Morgan fingerprint density at radius 2 is 1.87 bits per heavy atom. The van der Waals surface area contributed by atoms with Crippen LogP contribution in [0.3, 0.4) is 0 Å². The smallest absolute Gasteiger partial charge is 0.151 e. The third kappa shape index (κ3) is 4.37. The van der Waals surface area contributed by atoms with Crippen molar-refractivity contribution in [3.05, 3.63) is 48.5 Å². The molecule has 0 aliphatic carbocycles. The van der Waals surface area contributed by atoms with Crippen molar-refractivity contribution in [2.75, 3.05) is 19.5 Å². The van der Waals surface area contributed by atoms with Gasteiger partial charge in [0, 0.05) is 5.75 Å². The highest BCUT2D eigenvalue weighted by molar-refractivity contribution is 8.01. The third-order valence-electron chi connectivity index (χ3n) is 3.18. The Balaban J connectivity index is 1.47. The molecule has 6 heteroatoms. The number of fused-ring (bicyclic) bond motifs is 1. The lowest BCUT2D eigenvalue weighted by molar-refractivity contribution is 0.126. The van der Waals surface area contributed by atoms with Gasteiger partial charge in [-0.15, -0.1) is 11.3 Å². The molecule has 0 spiro atoms. The molecule has 1 unspecified atom stereocenters. The van der Waals surface area contributed by atoms with Crippen LogP contribution in [0, 0.1) is 0 Å². The summed E-state index contributed by atoms with van der Waals surface area (Å²) in [5.74, 6) is 2.05. The summed E-state index contributed by atoms with van der Waals surface area (Å²) in [7, 11) is 1.62. The van der Waals surface area contributed by atoms with Gasteiger partial charge in [0.25, 0.3) is 0 Å². The van der Waals surface area contributed by atoms with Gasteiger partial charge in [0.05, 0.1) is 23.4 Å². The van der Waals surface area contributed by atoms with E-state index in [0.29, 0.717) is 5.75 Å². The summed E-state index contributed by atoms with van der Waals surface area (Å²) in [6.07, 6.45) is -0.547. The summed E-state index contributed by atoms with van der Waals surface area (Å²) in [6, 6.07) is 15.4. The van der Waals surface area contributed by atoms with Crippen molar-refractivity contribution in [1.29, 1.82) is 0 Å². The van der Waals surface area contributed by atoms with Crippen LogP contribution in [0.1, 0.15) is 0 Å². The lowest BCUT2D eigenvalue weighted by Crippen LogP contribution is -2.19. The molecule has 4 nitrogen and oxygen atoms in total. The second kappa shape index (κ2) is 7.68. The second-order valence-corrected chi connectivity index (χ2v) is 7.20. The van der Waals surface area contributed by atoms with Gasteiger partial charge in [-0.3, -0.25) is 0 Å². The Labute approximate surface area is 143 Å². The van der Waals surface area contributed by atoms with Gasteiger partial charge in [0.2, 0.25) is 0 Å². The number of rotatable bonds is 7. The first-order valence-electron chi connectivity index (χ1n) is 7.18. The van der Waals surface area contributed by atoms with Crippen molar-refractivity contribution in [1.82, 2.24) is 4.98 Å². The largest absolute Gasteiger partial charge is 0.497 e.